The molecule has 3 heteroatoms. The average molecular weight is 390 g/mol. The minimum Gasteiger partial charge on any atom is -0.317 e. The Balaban J connectivity index is 2.33. The van der Waals surface area contributed by atoms with E-state index in [2.05, 4.69) is 71.2 Å². The monoisotopic (exact) mass is 389 g/mol. The van der Waals surface area contributed by atoms with E-state index in [1.807, 2.05) is 31.4 Å². The number of pyridine rings is 1. The van der Waals surface area contributed by atoms with Gasteiger partial charge < -0.3 is 4.57 Å². The van der Waals surface area contributed by atoms with Crippen molar-refractivity contribution in [1.82, 2.24) is 4.57 Å². The van der Waals surface area contributed by atoms with E-state index >= 15 is 0 Å². The summed E-state index contributed by atoms with van der Waals surface area (Å²) in [7, 11) is -0.0113. The molecule has 0 atom stereocenters. The molecule has 0 aliphatic carbocycles. The van der Waals surface area contributed by atoms with E-state index < -0.39 is 8.07 Å². The molecular formula is C25H31NOSi. The number of aromatic nitrogens is 1. The van der Waals surface area contributed by atoms with Gasteiger partial charge in [-0.15, -0.1) is 5.54 Å². The van der Waals surface area contributed by atoms with Gasteiger partial charge in [0.2, 0.25) is 0 Å². The van der Waals surface area contributed by atoms with Gasteiger partial charge in [0.1, 0.15) is 8.07 Å². The topological polar surface area (TPSA) is 22.0 Å². The molecule has 0 fully saturated rings. The fourth-order valence-corrected chi connectivity index (χ4v) is 10.1. The molecule has 3 rings (SSSR count). The second-order valence-electron chi connectivity index (χ2n) is 8.85. The molecule has 0 aliphatic heterocycles. The minimum absolute atomic E-state index is 0.0337. The Kier molecular flexibility index (Phi) is 5.54. The number of aryl methyl sites for hydroxylation is 1. The summed E-state index contributed by atoms with van der Waals surface area (Å²) < 4.78 is 1.67. The van der Waals surface area contributed by atoms with Gasteiger partial charge in [-0.05, 0) is 39.5 Å². The lowest BCUT2D eigenvalue weighted by molar-refractivity contribution is 0.838. The highest BCUT2D eigenvalue weighted by molar-refractivity contribution is 6.90. The summed E-state index contributed by atoms with van der Waals surface area (Å²) in [6.45, 7) is 14.0. The van der Waals surface area contributed by atoms with Gasteiger partial charge >= 0.3 is 0 Å². The van der Waals surface area contributed by atoms with Crippen molar-refractivity contribution in [3.63, 3.8) is 0 Å². The van der Waals surface area contributed by atoms with Crippen molar-refractivity contribution in [3.8, 4) is 11.5 Å². The zero-order valence-corrected chi connectivity index (χ0v) is 19.1. The van der Waals surface area contributed by atoms with Crippen molar-refractivity contribution < 1.29 is 0 Å². The zero-order valence-electron chi connectivity index (χ0n) is 18.1. The van der Waals surface area contributed by atoms with Gasteiger partial charge in [-0.25, -0.2) is 0 Å². The van der Waals surface area contributed by atoms with E-state index in [1.54, 1.807) is 4.57 Å². The second-order valence-corrected chi connectivity index (χ2v) is 14.4. The van der Waals surface area contributed by atoms with E-state index in [0.29, 0.717) is 16.6 Å². The molecule has 2 aromatic carbocycles. The van der Waals surface area contributed by atoms with Crippen molar-refractivity contribution in [1.29, 1.82) is 0 Å². The number of hydrogen-bond acceptors (Lipinski definition) is 1. The number of hydrogen-bond donors (Lipinski definition) is 0. The fourth-order valence-electron chi connectivity index (χ4n) is 4.86. The lowest BCUT2D eigenvalue weighted by atomic mass is 10.0. The minimum atomic E-state index is -1.83. The number of nitrogens with zero attached hydrogens (tertiary/aromatic N) is 1. The molecular weight excluding hydrogens is 358 g/mol. The first-order valence-electron chi connectivity index (χ1n) is 10.2. The van der Waals surface area contributed by atoms with Crippen LogP contribution in [0.3, 0.4) is 0 Å². The van der Waals surface area contributed by atoms with Crippen LogP contribution in [0.1, 0.15) is 47.1 Å². The first kappa shape index (κ1) is 20.4. The van der Waals surface area contributed by atoms with Crippen LogP contribution in [0.15, 0.2) is 47.4 Å². The van der Waals surface area contributed by atoms with E-state index in [1.165, 1.54) is 0 Å². The van der Waals surface area contributed by atoms with E-state index in [9.17, 15) is 4.79 Å². The summed E-state index contributed by atoms with van der Waals surface area (Å²) in [5, 5.41) is 3.95. The van der Waals surface area contributed by atoms with E-state index in [0.717, 1.165) is 27.1 Å². The highest BCUT2D eigenvalue weighted by atomic mass is 28.3. The number of fused-ring (bicyclic) bond motifs is 2. The second kappa shape index (κ2) is 7.60. The molecule has 0 spiro atoms. The maximum absolute atomic E-state index is 12.8. The predicted molar refractivity (Wildman–Crippen MR) is 125 cm³/mol. The van der Waals surface area contributed by atoms with Crippen LogP contribution in [0.2, 0.25) is 16.6 Å². The molecule has 1 aromatic heterocycles. The third-order valence-corrected chi connectivity index (χ3v) is 12.6. The molecule has 0 aliphatic rings. The third kappa shape index (κ3) is 3.31. The summed E-state index contributed by atoms with van der Waals surface area (Å²) >= 11 is 0. The van der Waals surface area contributed by atoms with Crippen LogP contribution in [0.4, 0.5) is 0 Å². The molecule has 3 aromatic rings. The summed E-state index contributed by atoms with van der Waals surface area (Å²) in [4.78, 5) is 12.8. The Labute approximate surface area is 169 Å². The van der Waals surface area contributed by atoms with Gasteiger partial charge in [-0.2, -0.15) is 0 Å². The normalized spacial score (nSPS) is 12.2. The summed E-state index contributed by atoms with van der Waals surface area (Å²) in [5.41, 5.74) is 6.55. The van der Waals surface area contributed by atoms with Crippen molar-refractivity contribution in [2.24, 2.45) is 7.05 Å². The highest BCUT2D eigenvalue weighted by Gasteiger charge is 2.41. The predicted octanol–water partition coefficient (Wildman–Crippen LogP) is 6.26. The van der Waals surface area contributed by atoms with Crippen molar-refractivity contribution in [3.05, 3.63) is 58.5 Å². The van der Waals surface area contributed by atoms with Crippen LogP contribution >= 0.6 is 0 Å². The maximum atomic E-state index is 12.8. The van der Waals surface area contributed by atoms with Gasteiger partial charge in [-0.1, -0.05) is 71.7 Å². The molecule has 0 radical (unpaired) electrons. The van der Waals surface area contributed by atoms with Crippen molar-refractivity contribution in [2.45, 2.75) is 58.2 Å². The van der Waals surface area contributed by atoms with E-state index in [-0.39, 0.29) is 5.56 Å². The van der Waals surface area contributed by atoms with Gasteiger partial charge in [0.15, 0.2) is 0 Å². The molecule has 1 heterocycles. The van der Waals surface area contributed by atoms with Crippen LogP contribution in [0.25, 0.3) is 21.5 Å². The fraction of sp³-hybridized carbons (Fsp3) is 0.400. The molecule has 0 saturated heterocycles. The van der Waals surface area contributed by atoms with Crippen LogP contribution < -0.4 is 5.56 Å². The van der Waals surface area contributed by atoms with Crippen LogP contribution in [-0.4, -0.2) is 12.6 Å². The standard InChI is InChI=1S/C25H31NOSi/c1-17(2)28(18(3)4,19(5)6)13-12-22-16-26(7)25(27)24-15-21-11-9-8-10-20(21)14-23(22)24/h8-11,14-19H,1-7H3. The van der Waals surface area contributed by atoms with E-state index in [4.69, 9.17) is 0 Å². The molecule has 28 heavy (non-hydrogen) atoms. The zero-order chi connectivity index (χ0) is 20.6. The van der Waals surface area contributed by atoms with Gasteiger partial charge in [0, 0.05) is 29.6 Å². The lowest BCUT2D eigenvalue weighted by Crippen LogP contribution is -2.43. The molecule has 2 nitrogen and oxygen atoms in total. The Bertz CT molecular complexity index is 1120. The Morgan fingerprint density at radius 1 is 0.857 bits per heavy atom. The number of benzene rings is 2. The largest absolute Gasteiger partial charge is 0.317 e. The Hall–Kier alpha value is -2.31. The molecule has 0 N–H and O–H groups in total. The summed E-state index contributed by atoms with van der Waals surface area (Å²) in [5.74, 6) is 3.56. The molecule has 146 valence electrons. The smallest absolute Gasteiger partial charge is 0.258 e. The lowest BCUT2D eigenvalue weighted by Gasteiger charge is -2.38. The van der Waals surface area contributed by atoms with Crippen LogP contribution in [-0.2, 0) is 7.05 Å². The molecule has 0 amide bonds. The van der Waals surface area contributed by atoms with Crippen molar-refractivity contribution in [2.75, 3.05) is 0 Å². The molecule has 0 bridgehead atoms. The first-order chi connectivity index (χ1) is 13.2. The molecule has 0 unspecified atom stereocenters. The van der Waals surface area contributed by atoms with Crippen LogP contribution in [0.5, 0.6) is 0 Å². The van der Waals surface area contributed by atoms with Crippen LogP contribution in [0, 0.1) is 11.5 Å². The maximum Gasteiger partial charge on any atom is 0.258 e. The first-order valence-corrected chi connectivity index (χ1v) is 12.5. The third-order valence-electron chi connectivity index (χ3n) is 6.33. The Morgan fingerprint density at radius 3 is 1.86 bits per heavy atom. The van der Waals surface area contributed by atoms with Gasteiger partial charge in [-0.3, -0.25) is 4.79 Å². The van der Waals surface area contributed by atoms with Gasteiger partial charge in [0.25, 0.3) is 5.56 Å². The van der Waals surface area contributed by atoms with Crippen molar-refractivity contribution >= 4 is 29.6 Å². The van der Waals surface area contributed by atoms with Gasteiger partial charge in [0.05, 0.1) is 0 Å². The summed E-state index contributed by atoms with van der Waals surface area (Å²) in [6, 6.07) is 12.3. The Morgan fingerprint density at radius 2 is 1.36 bits per heavy atom. The average Bonchev–Trinajstić information content (AvgIpc) is 2.64. The molecule has 0 saturated carbocycles. The summed E-state index contributed by atoms with van der Waals surface area (Å²) in [6.07, 6.45) is 1.91. The number of rotatable bonds is 3. The highest BCUT2D eigenvalue weighted by Crippen LogP contribution is 2.40. The SMILES string of the molecule is CC(C)[Si](C#Cc1cn(C)c(=O)c2cc3ccccc3cc12)(C(C)C)C(C)C. The quantitative estimate of drug-likeness (QED) is 0.294.